The lowest BCUT2D eigenvalue weighted by Gasteiger charge is -2.40. The van der Waals surface area contributed by atoms with Crippen LogP contribution in [0, 0.1) is 5.92 Å². The molecule has 1 N–H and O–H groups in total. The molecule has 1 saturated carbocycles. The lowest BCUT2D eigenvalue weighted by Crippen LogP contribution is -2.45. The molecular formula is C15H22N2OS. The average molecular weight is 278 g/mol. The van der Waals surface area contributed by atoms with Gasteiger partial charge in [-0.1, -0.05) is 32.3 Å². The summed E-state index contributed by atoms with van der Waals surface area (Å²) in [6.07, 6.45) is 6.35. The third-order valence-corrected chi connectivity index (χ3v) is 5.50. The van der Waals surface area contributed by atoms with Crippen LogP contribution >= 0.6 is 11.3 Å². The highest BCUT2D eigenvalue weighted by molar-refractivity contribution is 7.10. The van der Waals surface area contributed by atoms with Crippen molar-refractivity contribution in [1.29, 1.82) is 0 Å². The Labute approximate surface area is 119 Å². The van der Waals surface area contributed by atoms with E-state index in [2.05, 4.69) is 34.7 Å². The second-order valence-corrected chi connectivity index (χ2v) is 6.60. The Hall–Kier alpha value is -0.870. The molecule has 1 aliphatic heterocycles. The van der Waals surface area contributed by atoms with Gasteiger partial charge in [0, 0.05) is 10.9 Å². The molecular weight excluding hydrogens is 256 g/mol. The maximum atomic E-state index is 12.3. The van der Waals surface area contributed by atoms with Crippen LogP contribution in [0.2, 0.25) is 0 Å². The van der Waals surface area contributed by atoms with Crippen LogP contribution < -0.4 is 5.32 Å². The summed E-state index contributed by atoms with van der Waals surface area (Å²) in [6.45, 7) is 2.76. The Morgan fingerprint density at radius 3 is 3.00 bits per heavy atom. The lowest BCUT2D eigenvalue weighted by molar-refractivity contribution is -0.132. The topological polar surface area (TPSA) is 32.3 Å². The molecule has 0 radical (unpaired) electrons. The standard InChI is InChI=1S/C15H22N2OS/c1-2-11-6-3-4-7-12(11)17-14(18)10-16-15(17)13-8-5-9-19-13/h5,8-9,11-12,15-16H,2-4,6-7,10H2,1H3. The molecule has 3 unspecified atom stereocenters. The molecule has 2 fully saturated rings. The van der Waals surface area contributed by atoms with Crippen molar-refractivity contribution in [2.75, 3.05) is 6.54 Å². The molecule has 3 rings (SSSR count). The van der Waals surface area contributed by atoms with Gasteiger partial charge in [-0.05, 0) is 30.2 Å². The molecule has 2 aliphatic rings. The van der Waals surface area contributed by atoms with Gasteiger partial charge in [-0.2, -0.15) is 0 Å². The normalized spacial score (nSPS) is 31.9. The Morgan fingerprint density at radius 2 is 2.26 bits per heavy atom. The van der Waals surface area contributed by atoms with Crippen LogP contribution in [0.5, 0.6) is 0 Å². The maximum Gasteiger partial charge on any atom is 0.238 e. The van der Waals surface area contributed by atoms with Crippen LogP contribution in [0.4, 0.5) is 0 Å². The van der Waals surface area contributed by atoms with Crippen molar-refractivity contribution in [3.05, 3.63) is 22.4 Å². The highest BCUT2D eigenvalue weighted by atomic mass is 32.1. The van der Waals surface area contributed by atoms with Gasteiger partial charge in [0.1, 0.15) is 6.17 Å². The molecule has 1 aromatic heterocycles. The van der Waals surface area contributed by atoms with Crippen LogP contribution in [0.1, 0.15) is 50.1 Å². The first-order valence-corrected chi connectivity index (χ1v) is 8.27. The zero-order valence-electron chi connectivity index (χ0n) is 11.5. The van der Waals surface area contributed by atoms with E-state index in [1.807, 2.05) is 0 Å². The van der Waals surface area contributed by atoms with Crippen LogP contribution in [0.25, 0.3) is 0 Å². The molecule has 1 saturated heterocycles. The van der Waals surface area contributed by atoms with Crippen LogP contribution in [0.15, 0.2) is 17.5 Å². The van der Waals surface area contributed by atoms with Gasteiger partial charge in [0.2, 0.25) is 5.91 Å². The summed E-state index contributed by atoms with van der Waals surface area (Å²) in [5.74, 6) is 0.962. The van der Waals surface area contributed by atoms with E-state index >= 15 is 0 Å². The predicted molar refractivity (Wildman–Crippen MR) is 77.9 cm³/mol. The van der Waals surface area contributed by atoms with E-state index in [0.717, 1.165) is 0 Å². The zero-order valence-corrected chi connectivity index (χ0v) is 12.3. The minimum Gasteiger partial charge on any atom is -0.318 e. The first-order valence-electron chi connectivity index (χ1n) is 7.39. The minimum atomic E-state index is 0.115. The van der Waals surface area contributed by atoms with Crippen molar-refractivity contribution in [2.45, 2.75) is 51.2 Å². The van der Waals surface area contributed by atoms with E-state index in [1.165, 1.54) is 37.0 Å². The summed E-state index contributed by atoms with van der Waals surface area (Å²) >= 11 is 1.74. The van der Waals surface area contributed by atoms with Crippen LogP contribution in [0.3, 0.4) is 0 Å². The molecule has 3 nitrogen and oxygen atoms in total. The molecule has 2 heterocycles. The second kappa shape index (κ2) is 5.63. The molecule has 0 aromatic carbocycles. The number of hydrogen-bond donors (Lipinski definition) is 1. The number of rotatable bonds is 3. The maximum absolute atomic E-state index is 12.3. The summed E-state index contributed by atoms with van der Waals surface area (Å²) < 4.78 is 0. The average Bonchev–Trinajstić information content (AvgIpc) is 3.07. The fraction of sp³-hybridized carbons (Fsp3) is 0.667. The summed E-state index contributed by atoms with van der Waals surface area (Å²) in [4.78, 5) is 15.7. The van der Waals surface area contributed by atoms with Gasteiger partial charge in [-0.3, -0.25) is 10.1 Å². The Bertz CT molecular complexity index is 431. The molecule has 1 aromatic rings. The van der Waals surface area contributed by atoms with Crippen molar-refractivity contribution in [2.24, 2.45) is 5.92 Å². The van der Waals surface area contributed by atoms with Crippen molar-refractivity contribution in [1.82, 2.24) is 10.2 Å². The van der Waals surface area contributed by atoms with E-state index in [-0.39, 0.29) is 12.1 Å². The largest absolute Gasteiger partial charge is 0.318 e. The highest BCUT2D eigenvalue weighted by Gasteiger charge is 2.40. The van der Waals surface area contributed by atoms with Gasteiger partial charge >= 0.3 is 0 Å². The minimum absolute atomic E-state index is 0.115. The molecule has 1 aliphatic carbocycles. The number of thiophene rings is 1. The number of carbonyl (C=O) groups excluding carboxylic acids is 1. The van der Waals surface area contributed by atoms with Crippen molar-refractivity contribution < 1.29 is 4.79 Å². The Balaban J connectivity index is 1.85. The highest BCUT2D eigenvalue weighted by Crippen LogP contribution is 2.37. The summed E-state index contributed by atoms with van der Waals surface area (Å²) in [5, 5.41) is 5.48. The van der Waals surface area contributed by atoms with Gasteiger partial charge in [0.25, 0.3) is 0 Å². The summed E-state index contributed by atoms with van der Waals surface area (Å²) in [7, 11) is 0. The van der Waals surface area contributed by atoms with Crippen molar-refractivity contribution in [3.8, 4) is 0 Å². The van der Waals surface area contributed by atoms with Crippen molar-refractivity contribution in [3.63, 3.8) is 0 Å². The van der Waals surface area contributed by atoms with E-state index in [9.17, 15) is 4.79 Å². The molecule has 4 heteroatoms. The number of carbonyl (C=O) groups is 1. The number of hydrogen-bond acceptors (Lipinski definition) is 3. The van der Waals surface area contributed by atoms with E-state index in [0.29, 0.717) is 18.5 Å². The number of nitrogens with one attached hydrogen (secondary N) is 1. The van der Waals surface area contributed by atoms with Gasteiger partial charge < -0.3 is 4.90 Å². The zero-order chi connectivity index (χ0) is 13.2. The van der Waals surface area contributed by atoms with Crippen molar-refractivity contribution >= 4 is 17.2 Å². The SMILES string of the molecule is CCC1CCCCC1N1C(=O)CNC1c1cccs1. The monoisotopic (exact) mass is 278 g/mol. The van der Waals surface area contributed by atoms with Gasteiger partial charge in [-0.15, -0.1) is 11.3 Å². The van der Waals surface area contributed by atoms with E-state index in [1.54, 1.807) is 11.3 Å². The predicted octanol–water partition coefficient (Wildman–Crippen LogP) is 3.15. The summed E-state index contributed by atoms with van der Waals surface area (Å²) in [5.41, 5.74) is 0. The van der Waals surface area contributed by atoms with Crippen LogP contribution in [-0.4, -0.2) is 23.4 Å². The Morgan fingerprint density at radius 1 is 1.42 bits per heavy atom. The fourth-order valence-corrected chi connectivity index (χ4v) is 4.41. The van der Waals surface area contributed by atoms with Gasteiger partial charge in [0.05, 0.1) is 6.54 Å². The molecule has 0 bridgehead atoms. The second-order valence-electron chi connectivity index (χ2n) is 5.62. The number of nitrogens with zero attached hydrogens (tertiary/aromatic N) is 1. The third-order valence-electron chi connectivity index (χ3n) is 4.58. The van der Waals surface area contributed by atoms with Gasteiger partial charge in [-0.25, -0.2) is 0 Å². The third kappa shape index (κ3) is 2.43. The summed E-state index contributed by atoms with van der Waals surface area (Å²) in [6, 6.07) is 4.65. The van der Waals surface area contributed by atoms with Crippen LogP contribution in [-0.2, 0) is 4.79 Å². The molecule has 1 amide bonds. The quantitative estimate of drug-likeness (QED) is 0.921. The molecule has 0 spiro atoms. The lowest BCUT2D eigenvalue weighted by atomic mass is 9.82. The van der Waals surface area contributed by atoms with E-state index in [4.69, 9.17) is 0 Å². The molecule has 104 valence electrons. The first kappa shape index (κ1) is 13.1. The fourth-order valence-electron chi connectivity index (χ4n) is 3.61. The number of amides is 1. The van der Waals surface area contributed by atoms with Gasteiger partial charge in [0.15, 0.2) is 0 Å². The molecule has 3 atom stereocenters. The first-order chi connectivity index (χ1) is 9.31. The molecule has 19 heavy (non-hydrogen) atoms. The smallest absolute Gasteiger partial charge is 0.238 e. The Kier molecular flexibility index (Phi) is 3.89. The van der Waals surface area contributed by atoms with E-state index < -0.39 is 0 Å².